The van der Waals surface area contributed by atoms with Gasteiger partial charge in [-0.3, -0.25) is 0 Å². The highest BCUT2D eigenvalue weighted by Crippen LogP contribution is 2.42. The molecule has 0 bridgehead atoms. The molecule has 0 radical (unpaired) electrons. The zero-order chi connectivity index (χ0) is 12.3. The Kier molecular flexibility index (Phi) is 3.72. The van der Waals surface area contributed by atoms with Gasteiger partial charge in [-0.15, -0.1) is 0 Å². The predicted molar refractivity (Wildman–Crippen MR) is 71.4 cm³/mol. The maximum atomic E-state index is 6.10. The Morgan fingerprint density at radius 2 is 2.18 bits per heavy atom. The third-order valence-corrected chi connectivity index (χ3v) is 4.12. The minimum atomic E-state index is 0.129. The van der Waals surface area contributed by atoms with Gasteiger partial charge in [-0.25, -0.2) is 0 Å². The number of nitrogens with two attached hydrogens (primary N) is 1. The van der Waals surface area contributed by atoms with E-state index < -0.39 is 0 Å². The van der Waals surface area contributed by atoms with E-state index in [0.717, 1.165) is 25.3 Å². The molecule has 1 aliphatic heterocycles. The maximum Gasteiger partial charge on any atom is 0.123 e. The Morgan fingerprint density at radius 3 is 2.88 bits per heavy atom. The molecular weight excluding hydrogens is 210 g/mol. The Morgan fingerprint density at radius 1 is 1.41 bits per heavy atom. The van der Waals surface area contributed by atoms with Gasteiger partial charge < -0.3 is 10.5 Å². The van der Waals surface area contributed by atoms with Gasteiger partial charge in [-0.1, -0.05) is 38.5 Å². The van der Waals surface area contributed by atoms with Crippen LogP contribution in [0.4, 0.5) is 0 Å². The van der Waals surface area contributed by atoms with E-state index in [1.165, 1.54) is 18.4 Å². The van der Waals surface area contributed by atoms with E-state index >= 15 is 0 Å². The lowest BCUT2D eigenvalue weighted by Crippen LogP contribution is -2.41. The molecule has 1 aliphatic rings. The molecule has 0 saturated carbocycles. The lowest BCUT2D eigenvalue weighted by molar-refractivity contribution is 0.192. The van der Waals surface area contributed by atoms with Crippen molar-refractivity contribution in [3.63, 3.8) is 0 Å². The molecule has 2 heteroatoms. The summed E-state index contributed by atoms with van der Waals surface area (Å²) in [5, 5.41) is 0. The van der Waals surface area contributed by atoms with Crippen LogP contribution in [-0.4, -0.2) is 13.2 Å². The number of ether oxygens (including phenoxy) is 1. The lowest BCUT2D eigenvalue weighted by atomic mass is 9.70. The van der Waals surface area contributed by atoms with Crippen LogP contribution in [0.2, 0.25) is 0 Å². The van der Waals surface area contributed by atoms with Gasteiger partial charge in [0.25, 0.3) is 0 Å². The van der Waals surface area contributed by atoms with E-state index in [0.29, 0.717) is 5.92 Å². The zero-order valence-electron chi connectivity index (χ0n) is 10.9. The van der Waals surface area contributed by atoms with Crippen molar-refractivity contribution in [2.45, 2.75) is 38.5 Å². The number of hydrogen-bond acceptors (Lipinski definition) is 2. The van der Waals surface area contributed by atoms with Crippen molar-refractivity contribution in [2.75, 3.05) is 13.2 Å². The van der Waals surface area contributed by atoms with Crippen molar-refractivity contribution in [3.8, 4) is 5.75 Å². The molecule has 2 nitrogen and oxygen atoms in total. The second-order valence-electron chi connectivity index (χ2n) is 5.30. The maximum absolute atomic E-state index is 6.10. The van der Waals surface area contributed by atoms with Crippen LogP contribution in [0.25, 0.3) is 0 Å². The van der Waals surface area contributed by atoms with Crippen molar-refractivity contribution < 1.29 is 4.74 Å². The molecule has 17 heavy (non-hydrogen) atoms. The Hall–Kier alpha value is -1.02. The predicted octanol–water partition coefficient (Wildman–Crippen LogP) is 3.10. The molecule has 2 N–H and O–H groups in total. The quantitative estimate of drug-likeness (QED) is 0.867. The Bertz CT molecular complexity index is 377. The number of benzene rings is 1. The molecule has 0 amide bonds. The number of rotatable bonds is 4. The largest absolute Gasteiger partial charge is 0.493 e. The van der Waals surface area contributed by atoms with E-state index in [-0.39, 0.29) is 5.41 Å². The highest BCUT2D eigenvalue weighted by Gasteiger charge is 2.37. The molecule has 2 rings (SSSR count). The summed E-state index contributed by atoms with van der Waals surface area (Å²) in [7, 11) is 0. The SMILES string of the molecule is CCC(C)CC1(CN)CCOc2ccccc21. The molecule has 1 heterocycles. The minimum absolute atomic E-state index is 0.129. The van der Waals surface area contributed by atoms with Crippen LogP contribution in [0.5, 0.6) is 5.75 Å². The first kappa shape index (κ1) is 12.4. The smallest absolute Gasteiger partial charge is 0.123 e. The van der Waals surface area contributed by atoms with Gasteiger partial charge in [0.15, 0.2) is 0 Å². The second-order valence-corrected chi connectivity index (χ2v) is 5.30. The van der Waals surface area contributed by atoms with E-state index in [2.05, 4.69) is 32.0 Å². The highest BCUT2D eigenvalue weighted by atomic mass is 16.5. The van der Waals surface area contributed by atoms with Gasteiger partial charge in [0, 0.05) is 17.5 Å². The summed E-state index contributed by atoms with van der Waals surface area (Å²) in [6.45, 7) is 6.08. The topological polar surface area (TPSA) is 35.2 Å². The number of fused-ring (bicyclic) bond motifs is 1. The monoisotopic (exact) mass is 233 g/mol. The van der Waals surface area contributed by atoms with Crippen LogP contribution in [0.1, 0.15) is 38.7 Å². The average Bonchev–Trinajstić information content (AvgIpc) is 2.39. The average molecular weight is 233 g/mol. The third-order valence-electron chi connectivity index (χ3n) is 4.12. The van der Waals surface area contributed by atoms with Crippen LogP contribution >= 0.6 is 0 Å². The van der Waals surface area contributed by atoms with Gasteiger partial charge >= 0.3 is 0 Å². The summed E-state index contributed by atoms with van der Waals surface area (Å²) in [6.07, 6.45) is 3.43. The fourth-order valence-electron chi connectivity index (χ4n) is 2.84. The summed E-state index contributed by atoms with van der Waals surface area (Å²) >= 11 is 0. The third kappa shape index (κ3) is 2.32. The van der Waals surface area contributed by atoms with Crippen LogP contribution in [0.3, 0.4) is 0 Å². The molecule has 0 saturated heterocycles. The van der Waals surface area contributed by atoms with Gasteiger partial charge in [0.1, 0.15) is 5.75 Å². The van der Waals surface area contributed by atoms with Gasteiger partial charge in [-0.05, 0) is 24.8 Å². The summed E-state index contributed by atoms with van der Waals surface area (Å²) in [5.41, 5.74) is 7.54. The first-order valence-electron chi connectivity index (χ1n) is 6.64. The Balaban J connectivity index is 2.35. The zero-order valence-corrected chi connectivity index (χ0v) is 10.9. The molecule has 94 valence electrons. The van der Waals surface area contributed by atoms with E-state index in [1.54, 1.807) is 0 Å². The van der Waals surface area contributed by atoms with Crippen molar-refractivity contribution in [3.05, 3.63) is 29.8 Å². The van der Waals surface area contributed by atoms with Crippen LogP contribution in [-0.2, 0) is 5.41 Å². The minimum Gasteiger partial charge on any atom is -0.493 e. The van der Waals surface area contributed by atoms with Crippen molar-refractivity contribution in [1.82, 2.24) is 0 Å². The summed E-state index contributed by atoms with van der Waals surface area (Å²) in [4.78, 5) is 0. The van der Waals surface area contributed by atoms with Crippen molar-refractivity contribution >= 4 is 0 Å². The van der Waals surface area contributed by atoms with E-state index in [4.69, 9.17) is 10.5 Å². The second kappa shape index (κ2) is 5.09. The van der Waals surface area contributed by atoms with E-state index in [9.17, 15) is 0 Å². The number of hydrogen-bond donors (Lipinski definition) is 1. The fraction of sp³-hybridized carbons (Fsp3) is 0.600. The van der Waals surface area contributed by atoms with Crippen LogP contribution < -0.4 is 10.5 Å². The Labute approximate surface area is 104 Å². The molecule has 2 atom stereocenters. The number of para-hydroxylation sites is 1. The first-order chi connectivity index (χ1) is 8.22. The standard InChI is InChI=1S/C15H23NO/c1-3-12(2)10-15(11-16)8-9-17-14-7-5-4-6-13(14)15/h4-7,12H,3,8-11,16H2,1-2H3. The summed E-state index contributed by atoms with van der Waals surface area (Å²) in [6, 6.07) is 8.38. The fourth-order valence-corrected chi connectivity index (χ4v) is 2.84. The summed E-state index contributed by atoms with van der Waals surface area (Å²) < 4.78 is 5.74. The normalized spacial score (nSPS) is 24.9. The molecule has 0 aliphatic carbocycles. The van der Waals surface area contributed by atoms with Crippen LogP contribution in [0, 0.1) is 5.92 Å². The molecule has 2 unspecified atom stereocenters. The van der Waals surface area contributed by atoms with Gasteiger partial charge in [0.05, 0.1) is 6.61 Å². The molecular formula is C15H23NO. The van der Waals surface area contributed by atoms with Crippen molar-refractivity contribution in [1.29, 1.82) is 0 Å². The molecule has 0 aromatic heterocycles. The highest BCUT2D eigenvalue weighted by molar-refractivity contribution is 5.41. The van der Waals surface area contributed by atoms with Crippen LogP contribution in [0.15, 0.2) is 24.3 Å². The first-order valence-corrected chi connectivity index (χ1v) is 6.64. The summed E-state index contributed by atoms with van der Waals surface area (Å²) in [5.74, 6) is 1.75. The lowest BCUT2D eigenvalue weighted by Gasteiger charge is -2.39. The molecule has 0 spiro atoms. The van der Waals surface area contributed by atoms with Crippen molar-refractivity contribution in [2.24, 2.45) is 11.7 Å². The molecule has 0 fully saturated rings. The molecule has 1 aromatic rings. The van der Waals surface area contributed by atoms with Gasteiger partial charge in [0.2, 0.25) is 0 Å². The molecule has 1 aromatic carbocycles. The van der Waals surface area contributed by atoms with E-state index in [1.807, 2.05) is 6.07 Å². The van der Waals surface area contributed by atoms with Gasteiger partial charge in [-0.2, -0.15) is 0 Å².